The Labute approximate surface area is 177 Å². The fraction of sp³-hybridized carbons (Fsp3) is 0.286. The predicted molar refractivity (Wildman–Crippen MR) is 116 cm³/mol. The van der Waals surface area contributed by atoms with Crippen LogP contribution in [0.4, 0.5) is 5.13 Å². The molecule has 1 amide bonds. The number of fused-ring (bicyclic) bond motifs is 1. The summed E-state index contributed by atoms with van der Waals surface area (Å²) < 4.78 is 1.73. The Morgan fingerprint density at radius 2 is 1.90 bits per heavy atom. The number of thiazole rings is 1. The Hall–Kier alpha value is -3.33. The summed E-state index contributed by atoms with van der Waals surface area (Å²) in [6.45, 7) is 6.63. The number of piperazine rings is 1. The Bertz CT molecular complexity index is 1190. The van der Waals surface area contributed by atoms with Gasteiger partial charge in [0.05, 0.1) is 11.4 Å². The third-order valence-electron chi connectivity index (χ3n) is 5.34. The van der Waals surface area contributed by atoms with Crippen LogP contribution in [0.1, 0.15) is 21.7 Å². The largest absolute Gasteiger partial charge is 0.344 e. The van der Waals surface area contributed by atoms with Crippen molar-refractivity contribution < 1.29 is 4.79 Å². The SMILES string of the molecule is Cc1cccc(-n2nnc(C(=O)N3CCN(c4nc5cccnc5s4)CC3)c2C)c1. The molecule has 1 fully saturated rings. The number of hydrogen-bond acceptors (Lipinski definition) is 7. The Morgan fingerprint density at radius 1 is 1.07 bits per heavy atom. The first kappa shape index (κ1) is 18.7. The molecule has 30 heavy (non-hydrogen) atoms. The molecule has 8 nitrogen and oxygen atoms in total. The van der Waals surface area contributed by atoms with Crippen LogP contribution in [0.2, 0.25) is 0 Å². The molecule has 5 rings (SSSR count). The van der Waals surface area contributed by atoms with Crippen LogP contribution in [-0.2, 0) is 0 Å². The van der Waals surface area contributed by atoms with E-state index in [0.717, 1.165) is 45.5 Å². The lowest BCUT2D eigenvalue weighted by molar-refractivity contribution is 0.0740. The van der Waals surface area contributed by atoms with Crippen molar-refractivity contribution in [3.05, 3.63) is 59.5 Å². The number of nitrogens with zero attached hydrogens (tertiary/aromatic N) is 7. The zero-order valence-electron chi connectivity index (χ0n) is 16.8. The molecule has 0 bridgehead atoms. The summed E-state index contributed by atoms with van der Waals surface area (Å²) in [5.74, 6) is -0.0722. The molecule has 1 aliphatic rings. The highest BCUT2D eigenvalue weighted by atomic mass is 32.1. The van der Waals surface area contributed by atoms with Crippen LogP contribution < -0.4 is 4.90 Å². The highest BCUT2D eigenvalue weighted by molar-refractivity contribution is 7.21. The van der Waals surface area contributed by atoms with Gasteiger partial charge in [0.25, 0.3) is 5.91 Å². The van der Waals surface area contributed by atoms with Crippen molar-refractivity contribution >= 4 is 32.7 Å². The second kappa shape index (κ2) is 7.49. The molecule has 4 aromatic rings. The number of carbonyl (C=O) groups is 1. The summed E-state index contributed by atoms with van der Waals surface area (Å²) in [4.78, 5) is 27.1. The summed E-state index contributed by atoms with van der Waals surface area (Å²) in [5.41, 5.74) is 4.13. The second-order valence-electron chi connectivity index (χ2n) is 7.38. The molecule has 0 radical (unpaired) electrons. The maximum atomic E-state index is 13.1. The number of amides is 1. The maximum absolute atomic E-state index is 13.1. The molecule has 0 N–H and O–H groups in total. The molecule has 9 heteroatoms. The summed E-state index contributed by atoms with van der Waals surface area (Å²) >= 11 is 1.59. The molecule has 0 unspecified atom stereocenters. The predicted octanol–water partition coefficient (Wildman–Crippen LogP) is 2.85. The van der Waals surface area contributed by atoms with E-state index in [1.54, 1.807) is 22.2 Å². The van der Waals surface area contributed by atoms with E-state index in [2.05, 4.69) is 25.2 Å². The molecule has 1 saturated heterocycles. The fourth-order valence-corrected chi connectivity index (χ4v) is 4.64. The molecule has 1 aromatic carbocycles. The lowest BCUT2D eigenvalue weighted by atomic mass is 10.2. The van der Waals surface area contributed by atoms with E-state index >= 15 is 0 Å². The van der Waals surface area contributed by atoms with E-state index < -0.39 is 0 Å². The van der Waals surface area contributed by atoms with Crippen LogP contribution in [0.25, 0.3) is 16.0 Å². The third kappa shape index (κ3) is 3.30. The first-order chi connectivity index (χ1) is 14.6. The van der Waals surface area contributed by atoms with Gasteiger partial charge in [0.2, 0.25) is 0 Å². The minimum Gasteiger partial charge on any atom is -0.344 e. The van der Waals surface area contributed by atoms with E-state index in [0.29, 0.717) is 18.8 Å². The summed E-state index contributed by atoms with van der Waals surface area (Å²) in [6, 6.07) is 11.9. The first-order valence-corrected chi connectivity index (χ1v) is 10.7. The van der Waals surface area contributed by atoms with Crippen molar-refractivity contribution in [2.45, 2.75) is 13.8 Å². The molecule has 1 aliphatic heterocycles. The van der Waals surface area contributed by atoms with E-state index in [1.807, 2.05) is 55.1 Å². The minimum atomic E-state index is -0.0722. The van der Waals surface area contributed by atoms with Crippen molar-refractivity contribution in [2.24, 2.45) is 0 Å². The Balaban J connectivity index is 1.30. The highest BCUT2D eigenvalue weighted by Crippen LogP contribution is 2.28. The Morgan fingerprint density at radius 3 is 2.67 bits per heavy atom. The smallest absolute Gasteiger partial charge is 0.276 e. The number of rotatable bonds is 3. The van der Waals surface area contributed by atoms with Gasteiger partial charge in [-0.05, 0) is 43.7 Å². The van der Waals surface area contributed by atoms with Gasteiger partial charge in [-0.2, -0.15) is 0 Å². The number of pyridine rings is 1. The van der Waals surface area contributed by atoms with Crippen LogP contribution in [0.15, 0.2) is 42.6 Å². The van der Waals surface area contributed by atoms with Gasteiger partial charge in [-0.3, -0.25) is 4.79 Å². The maximum Gasteiger partial charge on any atom is 0.276 e. The standard InChI is InChI=1S/C21H21N7OS/c1-14-5-3-6-16(13-14)28-15(2)18(24-25-28)20(29)26-9-11-27(12-10-26)21-23-17-7-4-8-22-19(17)30-21/h3-8,13H,9-12H2,1-2H3. The van der Waals surface area contributed by atoms with Gasteiger partial charge in [-0.1, -0.05) is 28.7 Å². The minimum absolute atomic E-state index is 0.0722. The molecule has 0 atom stereocenters. The number of hydrogen-bond donors (Lipinski definition) is 0. The van der Waals surface area contributed by atoms with Crippen LogP contribution >= 0.6 is 11.3 Å². The summed E-state index contributed by atoms with van der Waals surface area (Å²) in [5, 5.41) is 9.37. The van der Waals surface area contributed by atoms with E-state index in [9.17, 15) is 4.79 Å². The molecular formula is C21H21N7OS. The summed E-state index contributed by atoms with van der Waals surface area (Å²) in [7, 11) is 0. The van der Waals surface area contributed by atoms with E-state index in [-0.39, 0.29) is 5.91 Å². The van der Waals surface area contributed by atoms with E-state index in [4.69, 9.17) is 0 Å². The lowest BCUT2D eigenvalue weighted by Crippen LogP contribution is -2.49. The topological polar surface area (TPSA) is 80.0 Å². The van der Waals surface area contributed by atoms with Crippen molar-refractivity contribution in [3.63, 3.8) is 0 Å². The molecule has 3 aromatic heterocycles. The molecule has 0 saturated carbocycles. The van der Waals surface area contributed by atoms with Crippen molar-refractivity contribution in [3.8, 4) is 5.69 Å². The molecule has 4 heterocycles. The van der Waals surface area contributed by atoms with Crippen LogP contribution in [0, 0.1) is 13.8 Å². The van der Waals surface area contributed by atoms with Gasteiger partial charge in [0.15, 0.2) is 10.8 Å². The van der Waals surface area contributed by atoms with Gasteiger partial charge in [-0.25, -0.2) is 14.6 Å². The number of anilines is 1. The van der Waals surface area contributed by atoms with Crippen LogP contribution in [0.3, 0.4) is 0 Å². The average molecular weight is 420 g/mol. The van der Waals surface area contributed by atoms with Gasteiger partial charge in [-0.15, -0.1) is 5.10 Å². The summed E-state index contributed by atoms with van der Waals surface area (Å²) in [6.07, 6.45) is 1.78. The fourth-order valence-electron chi connectivity index (χ4n) is 3.68. The van der Waals surface area contributed by atoms with Crippen LogP contribution in [0.5, 0.6) is 0 Å². The van der Waals surface area contributed by atoms with Gasteiger partial charge >= 0.3 is 0 Å². The van der Waals surface area contributed by atoms with E-state index in [1.165, 1.54) is 0 Å². The molecule has 152 valence electrons. The number of aromatic nitrogens is 5. The molecule has 0 spiro atoms. The zero-order valence-corrected chi connectivity index (χ0v) is 17.6. The van der Waals surface area contributed by atoms with Gasteiger partial charge in [0, 0.05) is 32.4 Å². The number of aryl methyl sites for hydroxylation is 1. The van der Waals surface area contributed by atoms with Gasteiger partial charge in [0.1, 0.15) is 10.3 Å². The van der Waals surface area contributed by atoms with Crippen molar-refractivity contribution in [1.82, 2.24) is 29.9 Å². The number of benzene rings is 1. The Kier molecular flexibility index (Phi) is 4.66. The molecular weight excluding hydrogens is 398 g/mol. The molecule has 0 aliphatic carbocycles. The first-order valence-electron chi connectivity index (χ1n) is 9.85. The average Bonchev–Trinajstić information content (AvgIpc) is 3.37. The van der Waals surface area contributed by atoms with Crippen molar-refractivity contribution in [1.29, 1.82) is 0 Å². The van der Waals surface area contributed by atoms with Crippen molar-refractivity contribution in [2.75, 3.05) is 31.1 Å². The zero-order chi connectivity index (χ0) is 20.7. The van der Waals surface area contributed by atoms with Gasteiger partial charge < -0.3 is 9.80 Å². The highest BCUT2D eigenvalue weighted by Gasteiger charge is 2.27. The monoisotopic (exact) mass is 419 g/mol. The third-order valence-corrected chi connectivity index (χ3v) is 6.38. The lowest BCUT2D eigenvalue weighted by Gasteiger charge is -2.34. The van der Waals surface area contributed by atoms with Crippen LogP contribution in [-0.4, -0.2) is 61.9 Å². The second-order valence-corrected chi connectivity index (χ2v) is 8.33. The number of carbonyl (C=O) groups excluding carboxylic acids is 1. The normalized spacial score (nSPS) is 14.5. The quantitative estimate of drug-likeness (QED) is 0.508.